The molecule has 0 bridgehead atoms. The number of hydrogen-bond donors (Lipinski definition) is 1. The van der Waals surface area contributed by atoms with E-state index in [0.29, 0.717) is 19.0 Å². The van der Waals surface area contributed by atoms with Crippen LogP contribution >= 0.6 is 0 Å². The molecule has 1 N–H and O–H groups in total. The van der Waals surface area contributed by atoms with E-state index in [1.165, 1.54) is 6.07 Å². The standard InChI is InChI=1S/C17H20FN5O.C2HF3O2/c18-14-3-1-5-21-16(14)23-8-2-4-17(13-23)12-22(9-10-24-17)15-11-19-6-7-20-15;3-2(4,5)1(6)7/h1,3,5-7,11H,2,4,8-10,12-13H2;(H,6,7). The summed E-state index contributed by atoms with van der Waals surface area (Å²) in [6.07, 6.45) is 3.60. The first-order chi connectivity index (χ1) is 14.7. The number of hydrogen-bond acceptors (Lipinski definition) is 7. The highest BCUT2D eigenvalue weighted by Gasteiger charge is 2.42. The van der Waals surface area contributed by atoms with E-state index in [2.05, 4.69) is 19.9 Å². The number of morpholine rings is 1. The molecule has 2 aromatic rings. The van der Waals surface area contributed by atoms with E-state index in [1.54, 1.807) is 30.9 Å². The van der Waals surface area contributed by atoms with E-state index in [9.17, 15) is 17.6 Å². The summed E-state index contributed by atoms with van der Waals surface area (Å²) in [5, 5.41) is 7.12. The zero-order chi connectivity index (χ0) is 22.5. The van der Waals surface area contributed by atoms with Crippen molar-refractivity contribution in [3.8, 4) is 0 Å². The lowest BCUT2D eigenvalue weighted by molar-refractivity contribution is -0.192. The Morgan fingerprint density at radius 3 is 2.52 bits per heavy atom. The number of rotatable bonds is 2. The van der Waals surface area contributed by atoms with Gasteiger partial charge in [0.2, 0.25) is 0 Å². The van der Waals surface area contributed by atoms with E-state index in [1.807, 2.05) is 4.90 Å². The minimum absolute atomic E-state index is 0.281. The number of nitrogens with zero attached hydrogens (tertiary/aromatic N) is 5. The summed E-state index contributed by atoms with van der Waals surface area (Å²) >= 11 is 0. The Hall–Kier alpha value is -3.02. The third kappa shape index (κ3) is 5.78. The number of alkyl halides is 3. The van der Waals surface area contributed by atoms with Crippen molar-refractivity contribution in [3.63, 3.8) is 0 Å². The number of carbonyl (C=O) groups is 1. The van der Waals surface area contributed by atoms with Gasteiger partial charge in [0.1, 0.15) is 11.4 Å². The molecule has 0 saturated carbocycles. The number of carboxylic acids is 1. The number of anilines is 2. The van der Waals surface area contributed by atoms with Crippen LogP contribution in [0.4, 0.5) is 29.2 Å². The molecule has 1 spiro atoms. The van der Waals surface area contributed by atoms with Gasteiger partial charge >= 0.3 is 12.1 Å². The van der Waals surface area contributed by atoms with Crippen LogP contribution in [0.1, 0.15) is 12.8 Å². The minimum Gasteiger partial charge on any atom is -0.475 e. The summed E-state index contributed by atoms with van der Waals surface area (Å²) in [4.78, 5) is 25.9. The van der Waals surface area contributed by atoms with Crippen molar-refractivity contribution < 1.29 is 32.2 Å². The van der Waals surface area contributed by atoms with Gasteiger partial charge in [0, 0.05) is 31.7 Å². The average molecular weight is 443 g/mol. The molecule has 4 rings (SSSR count). The molecule has 0 radical (unpaired) electrons. The molecular weight excluding hydrogens is 422 g/mol. The molecule has 0 amide bonds. The Balaban J connectivity index is 0.000000339. The zero-order valence-corrected chi connectivity index (χ0v) is 16.4. The van der Waals surface area contributed by atoms with E-state index in [-0.39, 0.29) is 11.4 Å². The van der Waals surface area contributed by atoms with Crippen molar-refractivity contribution >= 4 is 17.6 Å². The van der Waals surface area contributed by atoms with Crippen LogP contribution in [-0.4, -0.2) is 70.6 Å². The molecular formula is C19H21F4N5O3. The highest BCUT2D eigenvalue weighted by Crippen LogP contribution is 2.32. The first-order valence-electron chi connectivity index (χ1n) is 9.51. The number of ether oxygens (including phenoxy) is 1. The highest BCUT2D eigenvalue weighted by atomic mass is 19.4. The fourth-order valence-electron chi connectivity index (χ4n) is 3.63. The smallest absolute Gasteiger partial charge is 0.475 e. The fourth-order valence-corrected chi connectivity index (χ4v) is 3.63. The molecule has 1 atom stereocenters. The first kappa shape index (κ1) is 22.7. The van der Waals surface area contributed by atoms with Crippen LogP contribution in [0.25, 0.3) is 0 Å². The summed E-state index contributed by atoms with van der Waals surface area (Å²) in [6, 6.07) is 3.07. The van der Waals surface area contributed by atoms with Crippen LogP contribution < -0.4 is 9.80 Å². The molecule has 0 aliphatic carbocycles. The lowest BCUT2D eigenvalue weighted by Gasteiger charge is -2.48. The van der Waals surface area contributed by atoms with E-state index in [4.69, 9.17) is 14.6 Å². The van der Waals surface area contributed by atoms with Gasteiger partial charge in [-0.2, -0.15) is 13.2 Å². The van der Waals surface area contributed by atoms with Gasteiger partial charge < -0.3 is 19.6 Å². The largest absolute Gasteiger partial charge is 0.490 e. The SMILES string of the molecule is Fc1cccnc1N1CCCC2(CN(c3cnccn3)CCO2)C1.O=C(O)C(F)(F)F. The number of aliphatic carboxylic acids is 1. The summed E-state index contributed by atoms with van der Waals surface area (Å²) < 4.78 is 52.0. The maximum Gasteiger partial charge on any atom is 0.490 e. The van der Waals surface area contributed by atoms with Crippen molar-refractivity contribution in [1.29, 1.82) is 0 Å². The lowest BCUT2D eigenvalue weighted by atomic mass is 9.90. The monoisotopic (exact) mass is 443 g/mol. The first-order valence-corrected chi connectivity index (χ1v) is 9.51. The van der Waals surface area contributed by atoms with Gasteiger partial charge in [-0.15, -0.1) is 0 Å². The predicted molar refractivity (Wildman–Crippen MR) is 102 cm³/mol. The molecule has 2 aromatic heterocycles. The second-order valence-electron chi connectivity index (χ2n) is 7.15. The number of aromatic nitrogens is 3. The van der Waals surface area contributed by atoms with E-state index >= 15 is 0 Å². The van der Waals surface area contributed by atoms with Crippen molar-refractivity contribution in [2.24, 2.45) is 0 Å². The van der Waals surface area contributed by atoms with Crippen molar-refractivity contribution in [1.82, 2.24) is 15.0 Å². The van der Waals surface area contributed by atoms with Crippen LogP contribution in [0.2, 0.25) is 0 Å². The Morgan fingerprint density at radius 1 is 1.13 bits per heavy atom. The molecule has 2 aliphatic rings. The molecule has 31 heavy (non-hydrogen) atoms. The molecule has 168 valence electrons. The van der Waals surface area contributed by atoms with Gasteiger partial charge in [-0.05, 0) is 25.0 Å². The molecule has 2 aliphatic heterocycles. The summed E-state index contributed by atoms with van der Waals surface area (Å²) in [7, 11) is 0. The summed E-state index contributed by atoms with van der Waals surface area (Å²) in [5.41, 5.74) is -0.321. The number of piperidine rings is 1. The molecule has 0 aromatic carbocycles. The Kier molecular flexibility index (Phi) is 6.88. The average Bonchev–Trinajstić information content (AvgIpc) is 2.74. The lowest BCUT2D eigenvalue weighted by Crippen LogP contribution is -2.60. The van der Waals surface area contributed by atoms with Crippen LogP contribution in [0.3, 0.4) is 0 Å². The fraction of sp³-hybridized carbons (Fsp3) is 0.474. The zero-order valence-electron chi connectivity index (χ0n) is 16.4. The van der Waals surface area contributed by atoms with Crippen molar-refractivity contribution in [2.45, 2.75) is 24.6 Å². The third-order valence-corrected chi connectivity index (χ3v) is 4.94. The normalized spacial score (nSPS) is 21.4. The van der Waals surface area contributed by atoms with Crippen LogP contribution in [0, 0.1) is 5.82 Å². The van der Waals surface area contributed by atoms with Crippen LogP contribution in [0.15, 0.2) is 36.9 Å². The second kappa shape index (κ2) is 9.41. The summed E-state index contributed by atoms with van der Waals surface area (Å²) in [5.74, 6) is -1.76. The third-order valence-electron chi connectivity index (χ3n) is 4.94. The van der Waals surface area contributed by atoms with E-state index < -0.39 is 12.1 Å². The number of halogens is 4. The van der Waals surface area contributed by atoms with Gasteiger partial charge in [-0.3, -0.25) is 4.98 Å². The summed E-state index contributed by atoms with van der Waals surface area (Å²) in [6.45, 7) is 3.59. The van der Waals surface area contributed by atoms with Gasteiger partial charge in [0.25, 0.3) is 0 Å². The van der Waals surface area contributed by atoms with E-state index in [0.717, 1.165) is 38.3 Å². The second-order valence-corrected chi connectivity index (χ2v) is 7.15. The van der Waals surface area contributed by atoms with Crippen molar-refractivity contribution in [3.05, 3.63) is 42.7 Å². The Bertz CT molecular complexity index is 882. The molecule has 2 saturated heterocycles. The van der Waals surface area contributed by atoms with Crippen LogP contribution in [-0.2, 0) is 9.53 Å². The minimum atomic E-state index is -5.08. The molecule has 4 heterocycles. The molecule has 1 unspecified atom stereocenters. The highest BCUT2D eigenvalue weighted by molar-refractivity contribution is 5.73. The molecule has 2 fully saturated rings. The Morgan fingerprint density at radius 2 is 1.87 bits per heavy atom. The maximum absolute atomic E-state index is 14.1. The topological polar surface area (TPSA) is 91.7 Å². The van der Waals surface area contributed by atoms with Crippen LogP contribution in [0.5, 0.6) is 0 Å². The van der Waals surface area contributed by atoms with Gasteiger partial charge in [-0.1, -0.05) is 0 Å². The molecule has 12 heteroatoms. The predicted octanol–water partition coefficient (Wildman–Crippen LogP) is 2.52. The number of pyridine rings is 1. The number of carboxylic acid groups (broad SMARTS) is 1. The van der Waals surface area contributed by atoms with Gasteiger partial charge in [-0.25, -0.2) is 19.2 Å². The van der Waals surface area contributed by atoms with Gasteiger partial charge in [0.15, 0.2) is 11.6 Å². The Labute approximate surface area is 175 Å². The van der Waals surface area contributed by atoms with Gasteiger partial charge in [0.05, 0.1) is 25.9 Å². The van der Waals surface area contributed by atoms with Crippen molar-refractivity contribution in [2.75, 3.05) is 42.6 Å². The maximum atomic E-state index is 14.1. The quantitative estimate of drug-likeness (QED) is 0.709. The molecule has 8 nitrogen and oxygen atoms in total.